The molecule has 1 aromatic heterocycles. The summed E-state index contributed by atoms with van der Waals surface area (Å²) in [5.74, 6) is 1.13. The molecule has 0 amide bonds. The zero-order valence-electron chi connectivity index (χ0n) is 9.74. The van der Waals surface area contributed by atoms with Gasteiger partial charge in [0.2, 0.25) is 5.88 Å². The third kappa shape index (κ3) is 3.32. The number of nitrogens with zero attached hydrogens (tertiary/aromatic N) is 2. The first-order valence-electron chi connectivity index (χ1n) is 5.15. The molecule has 0 aliphatic heterocycles. The van der Waals surface area contributed by atoms with Gasteiger partial charge in [0.05, 0.1) is 13.3 Å². The summed E-state index contributed by atoms with van der Waals surface area (Å²) in [5, 5.41) is 7.65. The van der Waals surface area contributed by atoms with Crippen LogP contribution >= 0.6 is 0 Å². The first-order chi connectivity index (χ1) is 6.79. The van der Waals surface area contributed by atoms with E-state index in [9.17, 15) is 0 Å². The Hall–Kier alpha value is -1.12. The lowest BCUT2D eigenvalue weighted by atomic mass is 10.0. The van der Waals surface area contributed by atoms with Crippen molar-refractivity contribution in [1.29, 1.82) is 0 Å². The number of aromatic nitrogens is 2. The van der Waals surface area contributed by atoms with Gasteiger partial charge in [-0.2, -0.15) is 5.10 Å². The van der Waals surface area contributed by atoms with Gasteiger partial charge in [-0.1, -0.05) is 27.7 Å². The maximum absolute atomic E-state index is 5.09. The highest BCUT2D eigenvalue weighted by Gasteiger charge is 2.09. The molecule has 0 bridgehead atoms. The van der Waals surface area contributed by atoms with Crippen LogP contribution in [-0.2, 0) is 0 Å². The minimum atomic E-state index is 0.482. The predicted molar refractivity (Wildman–Crippen MR) is 58.6 cm³/mol. The maximum atomic E-state index is 5.09. The lowest BCUT2D eigenvalue weighted by molar-refractivity contribution is 0.382. The van der Waals surface area contributed by atoms with Crippen LogP contribution in [0.2, 0.25) is 0 Å². The molecule has 0 spiro atoms. The molecule has 14 heavy (non-hydrogen) atoms. The summed E-state index contributed by atoms with van der Waals surface area (Å²) in [5.41, 5.74) is 1.13. The van der Waals surface area contributed by atoms with E-state index < -0.39 is 0 Å². The largest absolute Gasteiger partial charge is 0.480 e. The molecule has 0 N–H and O–H groups in total. The van der Waals surface area contributed by atoms with E-state index in [1.165, 1.54) is 0 Å². The lowest BCUT2D eigenvalue weighted by Gasteiger charge is -2.10. The Balaban J connectivity index is 0.000000791. The molecule has 0 fully saturated rings. The fourth-order valence-corrected chi connectivity index (χ4v) is 1.08. The van der Waals surface area contributed by atoms with E-state index in [4.69, 9.17) is 4.74 Å². The van der Waals surface area contributed by atoms with Crippen molar-refractivity contribution in [3.8, 4) is 5.88 Å². The van der Waals surface area contributed by atoms with Crippen LogP contribution < -0.4 is 4.74 Å². The van der Waals surface area contributed by atoms with Gasteiger partial charge in [-0.05, 0) is 18.4 Å². The summed E-state index contributed by atoms with van der Waals surface area (Å²) in [6.07, 6.45) is 2.78. The molecule has 0 aliphatic carbocycles. The van der Waals surface area contributed by atoms with Crippen LogP contribution in [0.1, 0.15) is 45.6 Å². The number of hydrogen-bond donors (Lipinski definition) is 0. The van der Waals surface area contributed by atoms with E-state index >= 15 is 0 Å². The molecular weight excluding hydrogens is 176 g/mol. The highest BCUT2D eigenvalue weighted by Crippen LogP contribution is 2.24. The van der Waals surface area contributed by atoms with Gasteiger partial charge in [0.25, 0.3) is 0 Å². The lowest BCUT2D eigenvalue weighted by Crippen LogP contribution is -1.99. The van der Waals surface area contributed by atoms with Crippen LogP contribution in [0, 0.1) is 0 Å². The van der Waals surface area contributed by atoms with Crippen LogP contribution in [0.25, 0.3) is 0 Å². The maximum Gasteiger partial charge on any atom is 0.236 e. The van der Waals surface area contributed by atoms with E-state index in [0.29, 0.717) is 11.8 Å². The Labute approximate surface area is 86.5 Å². The first-order valence-corrected chi connectivity index (χ1v) is 5.15. The number of ether oxygens (including phenoxy) is 1. The molecule has 80 valence electrons. The van der Waals surface area contributed by atoms with Gasteiger partial charge in [-0.3, -0.25) is 0 Å². The molecule has 0 radical (unpaired) electrons. The molecule has 1 unspecified atom stereocenters. The fraction of sp³-hybridized carbons (Fsp3) is 0.636. The van der Waals surface area contributed by atoms with E-state index in [0.717, 1.165) is 12.0 Å². The van der Waals surface area contributed by atoms with Crippen LogP contribution in [0.15, 0.2) is 12.3 Å². The van der Waals surface area contributed by atoms with Crippen LogP contribution in [0.5, 0.6) is 5.88 Å². The van der Waals surface area contributed by atoms with Crippen LogP contribution in [0.3, 0.4) is 0 Å². The second-order valence-corrected chi connectivity index (χ2v) is 2.81. The standard InChI is InChI=1S/C9H14N2O.C2H6/c1-4-7(2)8-5-6-10-11-9(8)12-3;1-2/h5-7H,4H2,1-3H3;1-2H3. The third-order valence-corrected chi connectivity index (χ3v) is 2.05. The Morgan fingerprint density at radius 2 is 2.07 bits per heavy atom. The monoisotopic (exact) mass is 196 g/mol. The van der Waals surface area contributed by atoms with Gasteiger partial charge in [0.1, 0.15) is 0 Å². The highest BCUT2D eigenvalue weighted by atomic mass is 16.5. The number of rotatable bonds is 3. The van der Waals surface area contributed by atoms with Gasteiger partial charge in [-0.25, -0.2) is 0 Å². The van der Waals surface area contributed by atoms with Crippen molar-refractivity contribution in [2.75, 3.05) is 7.11 Å². The van der Waals surface area contributed by atoms with Crippen molar-refractivity contribution in [2.45, 2.75) is 40.0 Å². The Bertz CT molecular complexity index is 251. The molecule has 1 aromatic rings. The van der Waals surface area contributed by atoms with Gasteiger partial charge in [0, 0.05) is 5.56 Å². The quantitative estimate of drug-likeness (QED) is 0.745. The summed E-state index contributed by atoms with van der Waals surface area (Å²) in [4.78, 5) is 0. The minimum Gasteiger partial charge on any atom is -0.480 e. The second-order valence-electron chi connectivity index (χ2n) is 2.81. The molecule has 0 aliphatic rings. The SMILES string of the molecule is CC.CCC(C)c1ccnnc1OC. The van der Waals surface area contributed by atoms with E-state index in [1.54, 1.807) is 13.3 Å². The summed E-state index contributed by atoms with van der Waals surface area (Å²) in [6.45, 7) is 8.30. The van der Waals surface area contributed by atoms with E-state index in [1.807, 2.05) is 19.9 Å². The van der Waals surface area contributed by atoms with Crippen molar-refractivity contribution in [3.05, 3.63) is 17.8 Å². The van der Waals surface area contributed by atoms with Crippen LogP contribution in [0.4, 0.5) is 0 Å². The van der Waals surface area contributed by atoms with Gasteiger partial charge < -0.3 is 4.74 Å². The smallest absolute Gasteiger partial charge is 0.236 e. The molecule has 1 atom stereocenters. The Morgan fingerprint density at radius 1 is 1.43 bits per heavy atom. The molecule has 0 saturated carbocycles. The molecule has 3 nitrogen and oxygen atoms in total. The predicted octanol–water partition coefficient (Wildman–Crippen LogP) is 3.02. The third-order valence-electron chi connectivity index (χ3n) is 2.05. The van der Waals surface area contributed by atoms with Crippen molar-refractivity contribution in [1.82, 2.24) is 10.2 Å². The van der Waals surface area contributed by atoms with Crippen LogP contribution in [-0.4, -0.2) is 17.3 Å². The van der Waals surface area contributed by atoms with Crippen molar-refractivity contribution in [3.63, 3.8) is 0 Å². The zero-order valence-corrected chi connectivity index (χ0v) is 9.74. The molecule has 0 aromatic carbocycles. The Kier molecular flexibility index (Phi) is 6.72. The van der Waals surface area contributed by atoms with Gasteiger partial charge in [0.15, 0.2) is 0 Å². The summed E-state index contributed by atoms with van der Waals surface area (Å²) >= 11 is 0. The Morgan fingerprint density at radius 3 is 2.57 bits per heavy atom. The van der Waals surface area contributed by atoms with E-state index in [2.05, 4.69) is 24.0 Å². The average molecular weight is 196 g/mol. The van der Waals surface area contributed by atoms with Gasteiger partial charge >= 0.3 is 0 Å². The number of methoxy groups -OCH3 is 1. The van der Waals surface area contributed by atoms with Crippen molar-refractivity contribution in [2.24, 2.45) is 0 Å². The zero-order chi connectivity index (χ0) is 11.0. The number of hydrogen-bond acceptors (Lipinski definition) is 3. The van der Waals surface area contributed by atoms with Gasteiger partial charge in [-0.15, -0.1) is 5.10 Å². The normalized spacial score (nSPS) is 11.2. The molecule has 1 rings (SSSR count). The first kappa shape index (κ1) is 12.9. The molecular formula is C11H20N2O. The summed E-state index contributed by atoms with van der Waals surface area (Å²) < 4.78 is 5.09. The molecule has 1 heterocycles. The topological polar surface area (TPSA) is 35.0 Å². The average Bonchev–Trinajstić information content (AvgIpc) is 2.30. The summed E-state index contributed by atoms with van der Waals surface area (Å²) in [7, 11) is 1.62. The molecule has 0 saturated heterocycles. The second kappa shape index (κ2) is 7.30. The van der Waals surface area contributed by atoms with E-state index in [-0.39, 0.29) is 0 Å². The van der Waals surface area contributed by atoms with Crippen molar-refractivity contribution < 1.29 is 4.74 Å². The van der Waals surface area contributed by atoms with Crippen molar-refractivity contribution >= 4 is 0 Å². The highest BCUT2D eigenvalue weighted by molar-refractivity contribution is 5.26. The molecule has 3 heteroatoms. The fourth-order valence-electron chi connectivity index (χ4n) is 1.08. The summed E-state index contributed by atoms with van der Waals surface area (Å²) in [6, 6.07) is 1.96. The minimum absolute atomic E-state index is 0.482.